The standard InChI is InChI=1S/C28H34N4O2/c1-6-13-32-24-14-19(2)22(15-23(24)20(3)16-28(32,4)5)17-30-31-26(33)18-34-25-11-7-9-21-10-8-12-29-27(21)25/h7-12,14-15,17,20H,6,13,16,18H2,1-5H3,(H,31,33)/b30-17-. The lowest BCUT2D eigenvalue weighted by Crippen LogP contribution is -2.48. The number of benzene rings is 2. The summed E-state index contributed by atoms with van der Waals surface area (Å²) in [4.78, 5) is 19.2. The minimum absolute atomic E-state index is 0.131. The molecular weight excluding hydrogens is 424 g/mol. The fourth-order valence-electron chi connectivity index (χ4n) is 4.98. The number of nitrogens with one attached hydrogen (secondary N) is 1. The molecule has 34 heavy (non-hydrogen) atoms. The van der Waals surface area contributed by atoms with E-state index in [2.05, 4.69) is 67.2 Å². The number of hydrazone groups is 1. The van der Waals surface area contributed by atoms with Crippen LogP contribution in [-0.2, 0) is 4.79 Å². The van der Waals surface area contributed by atoms with Gasteiger partial charge in [0.25, 0.3) is 5.91 Å². The highest BCUT2D eigenvalue weighted by Crippen LogP contribution is 2.44. The second kappa shape index (κ2) is 9.84. The highest BCUT2D eigenvalue weighted by Gasteiger charge is 2.36. The number of carbonyl (C=O) groups excluding carboxylic acids is 1. The van der Waals surface area contributed by atoms with Crippen LogP contribution in [0.25, 0.3) is 10.9 Å². The molecule has 1 N–H and O–H groups in total. The molecule has 0 radical (unpaired) electrons. The van der Waals surface area contributed by atoms with Crippen molar-refractivity contribution in [3.63, 3.8) is 0 Å². The predicted molar refractivity (Wildman–Crippen MR) is 139 cm³/mol. The normalized spacial score (nSPS) is 17.1. The van der Waals surface area contributed by atoms with Crippen LogP contribution >= 0.6 is 0 Å². The van der Waals surface area contributed by atoms with Crippen LogP contribution in [0, 0.1) is 6.92 Å². The van der Waals surface area contributed by atoms with Gasteiger partial charge in [0.2, 0.25) is 0 Å². The first-order valence-electron chi connectivity index (χ1n) is 12.0. The Kier molecular flexibility index (Phi) is 6.87. The molecule has 178 valence electrons. The van der Waals surface area contributed by atoms with E-state index in [9.17, 15) is 4.79 Å². The molecule has 0 fully saturated rings. The third-order valence-corrected chi connectivity index (χ3v) is 6.57. The molecule has 1 atom stereocenters. The first-order chi connectivity index (χ1) is 16.3. The van der Waals surface area contributed by atoms with Crippen LogP contribution in [0.5, 0.6) is 5.75 Å². The van der Waals surface area contributed by atoms with Gasteiger partial charge in [-0.1, -0.05) is 32.0 Å². The van der Waals surface area contributed by atoms with Crippen LogP contribution in [0.15, 0.2) is 53.8 Å². The maximum absolute atomic E-state index is 12.3. The fraction of sp³-hybridized carbons (Fsp3) is 0.393. The van der Waals surface area contributed by atoms with Gasteiger partial charge in [-0.2, -0.15) is 5.10 Å². The number of hydrogen-bond acceptors (Lipinski definition) is 5. The fourth-order valence-corrected chi connectivity index (χ4v) is 4.98. The number of ether oxygens (including phenoxy) is 1. The first-order valence-corrected chi connectivity index (χ1v) is 12.0. The van der Waals surface area contributed by atoms with E-state index in [-0.39, 0.29) is 18.1 Å². The number of nitrogens with zero attached hydrogens (tertiary/aromatic N) is 3. The number of hydrogen-bond donors (Lipinski definition) is 1. The SMILES string of the molecule is CCCN1c2cc(C)c(/C=N\NC(=O)COc3cccc4cccnc34)cc2C(C)CC1(C)C. The molecule has 0 saturated heterocycles. The molecule has 6 heteroatoms. The molecule has 2 heterocycles. The van der Waals surface area contributed by atoms with Crippen LogP contribution in [0.1, 0.15) is 63.1 Å². The second-order valence-electron chi connectivity index (χ2n) is 9.75. The van der Waals surface area contributed by atoms with E-state index in [1.165, 1.54) is 11.3 Å². The van der Waals surface area contributed by atoms with Gasteiger partial charge in [-0.15, -0.1) is 0 Å². The summed E-state index contributed by atoms with van der Waals surface area (Å²) in [7, 11) is 0. The van der Waals surface area contributed by atoms with E-state index in [4.69, 9.17) is 4.74 Å². The van der Waals surface area contributed by atoms with E-state index >= 15 is 0 Å². The van der Waals surface area contributed by atoms with E-state index < -0.39 is 0 Å². The van der Waals surface area contributed by atoms with E-state index in [0.29, 0.717) is 11.7 Å². The summed E-state index contributed by atoms with van der Waals surface area (Å²) >= 11 is 0. The maximum Gasteiger partial charge on any atom is 0.277 e. The number of rotatable bonds is 7. The highest BCUT2D eigenvalue weighted by atomic mass is 16.5. The number of fused-ring (bicyclic) bond motifs is 2. The lowest BCUT2D eigenvalue weighted by Gasteiger charge is -2.48. The molecule has 4 rings (SSSR count). The van der Waals surface area contributed by atoms with Crippen molar-refractivity contribution in [1.29, 1.82) is 0 Å². The van der Waals surface area contributed by atoms with Gasteiger partial charge in [0.1, 0.15) is 11.3 Å². The van der Waals surface area contributed by atoms with E-state index in [0.717, 1.165) is 41.4 Å². The molecule has 0 aliphatic carbocycles. The van der Waals surface area contributed by atoms with E-state index in [1.54, 1.807) is 12.4 Å². The molecule has 1 aliphatic rings. The van der Waals surface area contributed by atoms with Gasteiger partial charge in [-0.25, -0.2) is 5.43 Å². The molecule has 0 spiro atoms. The van der Waals surface area contributed by atoms with Crippen molar-refractivity contribution in [3.05, 3.63) is 65.4 Å². The zero-order valence-corrected chi connectivity index (χ0v) is 20.8. The Hall–Kier alpha value is -3.41. The molecule has 1 aromatic heterocycles. The van der Waals surface area contributed by atoms with E-state index in [1.807, 2.05) is 30.3 Å². The van der Waals surface area contributed by atoms with Gasteiger partial charge in [0.05, 0.1) is 6.21 Å². The molecule has 1 amide bonds. The Bertz CT molecular complexity index is 1210. The van der Waals surface area contributed by atoms with Gasteiger partial charge in [-0.05, 0) is 80.5 Å². The second-order valence-corrected chi connectivity index (χ2v) is 9.75. The minimum Gasteiger partial charge on any atom is -0.481 e. The van der Waals surface area contributed by atoms with Crippen LogP contribution < -0.4 is 15.1 Å². The summed E-state index contributed by atoms with van der Waals surface area (Å²) in [6.45, 7) is 12.2. The quantitative estimate of drug-likeness (QED) is 0.371. The first kappa shape index (κ1) is 23.7. The summed E-state index contributed by atoms with van der Waals surface area (Å²) < 4.78 is 5.70. The Morgan fingerprint density at radius 2 is 2.09 bits per heavy atom. The lowest BCUT2D eigenvalue weighted by molar-refractivity contribution is -0.123. The third-order valence-electron chi connectivity index (χ3n) is 6.57. The van der Waals surface area contributed by atoms with Crippen LogP contribution in [0.2, 0.25) is 0 Å². The van der Waals surface area contributed by atoms with Crippen molar-refractivity contribution in [2.24, 2.45) is 5.10 Å². The Morgan fingerprint density at radius 3 is 2.88 bits per heavy atom. The van der Waals surface area contributed by atoms with Crippen LogP contribution in [-0.4, -0.2) is 35.8 Å². The van der Waals surface area contributed by atoms with Gasteiger partial charge in [0, 0.05) is 29.4 Å². The summed E-state index contributed by atoms with van der Waals surface area (Å²) in [5.74, 6) is 0.725. The monoisotopic (exact) mass is 458 g/mol. The molecule has 3 aromatic rings. The van der Waals surface area contributed by atoms with Crippen molar-refractivity contribution in [2.75, 3.05) is 18.1 Å². The number of aromatic nitrogens is 1. The smallest absolute Gasteiger partial charge is 0.277 e. The number of anilines is 1. The third kappa shape index (κ3) is 4.91. The summed E-state index contributed by atoms with van der Waals surface area (Å²) in [5.41, 5.74) is 8.28. The lowest BCUT2D eigenvalue weighted by atomic mass is 9.79. The number of pyridine rings is 1. The van der Waals surface area contributed by atoms with Gasteiger partial charge < -0.3 is 9.64 Å². The molecule has 1 unspecified atom stereocenters. The molecule has 2 aromatic carbocycles. The van der Waals surface area contributed by atoms with Crippen molar-refractivity contribution < 1.29 is 9.53 Å². The predicted octanol–water partition coefficient (Wildman–Crippen LogP) is 5.57. The zero-order chi connectivity index (χ0) is 24.3. The molecule has 6 nitrogen and oxygen atoms in total. The van der Waals surface area contributed by atoms with Crippen molar-refractivity contribution in [3.8, 4) is 5.75 Å². The molecule has 0 bridgehead atoms. The average molecular weight is 459 g/mol. The highest BCUT2D eigenvalue weighted by molar-refractivity contribution is 5.87. The average Bonchev–Trinajstić information content (AvgIpc) is 2.80. The number of para-hydroxylation sites is 1. The maximum atomic E-state index is 12.3. The molecule has 1 aliphatic heterocycles. The number of aryl methyl sites for hydroxylation is 1. The van der Waals surface area contributed by atoms with Gasteiger partial charge >= 0.3 is 0 Å². The number of amides is 1. The summed E-state index contributed by atoms with van der Waals surface area (Å²) in [6.07, 6.45) is 5.66. The Labute approximate surface area is 202 Å². The largest absolute Gasteiger partial charge is 0.481 e. The zero-order valence-electron chi connectivity index (χ0n) is 20.8. The molecule has 0 saturated carbocycles. The Morgan fingerprint density at radius 1 is 1.29 bits per heavy atom. The Balaban J connectivity index is 1.44. The minimum atomic E-state index is -0.316. The van der Waals surface area contributed by atoms with Crippen LogP contribution in [0.3, 0.4) is 0 Å². The summed E-state index contributed by atoms with van der Waals surface area (Å²) in [6, 6.07) is 14.0. The summed E-state index contributed by atoms with van der Waals surface area (Å²) in [5, 5.41) is 5.17. The van der Waals surface area contributed by atoms with Crippen molar-refractivity contribution in [2.45, 2.75) is 58.9 Å². The number of carbonyl (C=O) groups is 1. The van der Waals surface area contributed by atoms with Crippen molar-refractivity contribution >= 4 is 28.7 Å². The van der Waals surface area contributed by atoms with Crippen molar-refractivity contribution in [1.82, 2.24) is 10.4 Å². The van der Waals surface area contributed by atoms with Gasteiger partial charge in [0.15, 0.2) is 6.61 Å². The van der Waals surface area contributed by atoms with Crippen LogP contribution in [0.4, 0.5) is 5.69 Å². The van der Waals surface area contributed by atoms with Gasteiger partial charge in [-0.3, -0.25) is 9.78 Å². The molecular formula is C28H34N4O2. The topological polar surface area (TPSA) is 66.8 Å².